The Morgan fingerprint density at radius 2 is 0.837 bits per heavy atom. The van der Waals surface area contributed by atoms with E-state index >= 15 is 0 Å². The maximum absolute atomic E-state index is 12.7. The highest BCUT2D eigenvalue weighted by Gasteiger charge is 2.25. The van der Waals surface area contributed by atoms with Crippen LogP contribution < -0.4 is 0 Å². The molecule has 0 amide bonds. The van der Waals surface area contributed by atoms with Crippen LogP contribution in [0.3, 0.4) is 0 Å². The Hall–Kier alpha value is -6.36. The molecule has 0 radical (unpaired) electrons. The second kappa shape index (κ2) is 8.57. The molecular weight excluding hydrogens is 542 g/mol. The van der Waals surface area contributed by atoms with E-state index in [1.807, 2.05) is 84.9 Å². The van der Waals surface area contributed by atoms with Crippen molar-refractivity contribution in [2.45, 2.75) is 0 Å². The van der Waals surface area contributed by atoms with E-state index < -0.39 is 5.03 Å². The number of H-pyrrole nitrogens is 1. The van der Waals surface area contributed by atoms with Crippen LogP contribution in [0.15, 0.2) is 97.1 Å². The zero-order chi connectivity index (χ0) is 28.7. The summed E-state index contributed by atoms with van der Waals surface area (Å²) in [5, 5.41) is 15.0. The molecule has 1 N–H and O–H groups in total. The smallest absolute Gasteiger partial charge is 0.211 e. The number of hydrogen-bond acceptors (Lipinski definition) is 8. The predicted molar refractivity (Wildman–Crippen MR) is 162 cm³/mol. The summed E-state index contributed by atoms with van der Waals surface area (Å²) in [5.41, 5.74) is 4.35. The molecule has 2 aliphatic heterocycles. The summed E-state index contributed by atoms with van der Waals surface area (Å²) < 4.78 is 0.904. The fraction of sp³-hybridized carbons (Fsp3) is 0. The van der Waals surface area contributed by atoms with Gasteiger partial charge in [0.2, 0.25) is 11.3 Å². The minimum Gasteiger partial charge on any atom is -0.324 e. The van der Waals surface area contributed by atoms with Gasteiger partial charge in [-0.05, 0) is 4.68 Å². The molecule has 9 rings (SSSR count). The van der Waals surface area contributed by atoms with Crippen LogP contribution in [-0.2, 0) is 0 Å². The van der Waals surface area contributed by atoms with Crippen molar-refractivity contribution in [3.8, 4) is 45.6 Å². The van der Waals surface area contributed by atoms with Crippen molar-refractivity contribution in [3.05, 3.63) is 107 Å². The molecule has 5 heterocycles. The van der Waals surface area contributed by atoms with Gasteiger partial charge >= 0.3 is 0 Å². The predicted octanol–water partition coefficient (Wildman–Crippen LogP) is 6.38. The van der Waals surface area contributed by atoms with Crippen LogP contribution in [-0.4, -0.2) is 44.6 Å². The lowest BCUT2D eigenvalue weighted by molar-refractivity contribution is -0.534. The third-order valence-electron chi connectivity index (χ3n) is 7.75. The Balaban J connectivity index is 1.56. The van der Waals surface area contributed by atoms with Gasteiger partial charge in [0.1, 0.15) is 11.3 Å². The summed E-state index contributed by atoms with van der Waals surface area (Å²) in [6.07, 6.45) is 0. The van der Waals surface area contributed by atoms with Crippen molar-refractivity contribution in [1.82, 2.24) is 39.6 Å². The molecule has 2 aliphatic rings. The maximum Gasteiger partial charge on any atom is 0.211 e. The zero-order valence-corrected chi connectivity index (χ0v) is 22.1. The Labute approximate surface area is 241 Å². The van der Waals surface area contributed by atoms with Crippen LogP contribution in [0.25, 0.3) is 89.7 Å². The van der Waals surface area contributed by atoms with E-state index in [2.05, 4.69) is 4.98 Å². The van der Waals surface area contributed by atoms with E-state index in [4.69, 9.17) is 29.9 Å². The summed E-state index contributed by atoms with van der Waals surface area (Å²) in [6, 6.07) is 30.2. The average molecular weight is 560 g/mol. The van der Waals surface area contributed by atoms with Crippen LogP contribution >= 0.6 is 0 Å². The highest BCUT2D eigenvalue weighted by atomic mass is 16.7. The molecular formula is C32H17N9O2. The van der Waals surface area contributed by atoms with E-state index in [1.165, 1.54) is 0 Å². The Bertz CT molecular complexity index is 2350. The number of nitrogens with zero attached hydrogens (tertiary/aromatic N) is 8. The monoisotopic (exact) mass is 559 g/mol. The molecule has 0 saturated heterocycles. The molecule has 11 nitrogen and oxygen atoms in total. The van der Waals surface area contributed by atoms with Gasteiger partial charge in [0.05, 0.1) is 0 Å². The van der Waals surface area contributed by atoms with E-state index in [0.29, 0.717) is 45.4 Å². The van der Waals surface area contributed by atoms with Crippen LogP contribution in [0.4, 0.5) is 0 Å². The highest BCUT2D eigenvalue weighted by Crippen LogP contribution is 2.37. The first kappa shape index (κ1) is 23.4. The van der Waals surface area contributed by atoms with E-state index in [1.54, 1.807) is 12.1 Å². The topological polar surface area (TPSA) is 141 Å². The first-order valence-corrected chi connectivity index (χ1v) is 13.5. The summed E-state index contributed by atoms with van der Waals surface area (Å²) >= 11 is 0. The first-order chi connectivity index (χ1) is 21.1. The largest absolute Gasteiger partial charge is 0.324 e. The third-order valence-corrected chi connectivity index (χ3v) is 7.75. The average Bonchev–Trinajstić information content (AvgIpc) is 3.75. The van der Waals surface area contributed by atoms with Crippen LogP contribution in [0.1, 0.15) is 0 Å². The number of fused-ring (bicyclic) bond motifs is 20. The summed E-state index contributed by atoms with van der Waals surface area (Å²) in [6.45, 7) is 0. The molecule has 0 saturated carbocycles. The maximum atomic E-state index is 12.7. The second-order valence-corrected chi connectivity index (χ2v) is 10.2. The highest BCUT2D eigenvalue weighted by molar-refractivity contribution is 6.06. The number of nitrogens with one attached hydrogen (secondary N) is 1. The van der Waals surface area contributed by atoms with Crippen molar-refractivity contribution in [2.75, 3.05) is 0 Å². The van der Waals surface area contributed by atoms with Crippen LogP contribution in [0.5, 0.6) is 0 Å². The SMILES string of the molecule is O=[N+]([O-])n1c2nc3nc(nc4[nH]c(nc5nc(nc1c1ccccc12)-c1ccccc1-5)c1ccccc41)-c1ccccc1-3. The molecule has 0 unspecified atom stereocenters. The van der Waals surface area contributed by atoms with Gasteiger partial charge in [-0.3, -0.25) is 0 Å². The lowest BCUT2D eigenvalue weighted by Gasteiger charge is -1.97. The van der Waals surface area contributed by atoms with Crippen LogP contribution in [0, 0.1) is 10.1 Å². The number of rotatable bonds is 1. The normalized spacial score (nSPS) is 11.9. The second-order valence-electron chi connectivity index (χ2n) is 10.2. The first-order valence-electron chi connectivity index (χ1n) is 13.5. The lowest BCUT2D eigenvalue weighted by Crippen LogP contribution is -2.09. The Kier molecular flexibility index (Phi) is 4.65. The number of benzene rings is 4. The van der Waals surface area contributed by atoms with Gasteiger partial charge in [-0.15, -0.1) is 0 Å². The van der Waals surface area contributed by atoms with Gasteiger partial charge in [-0.2, -0.15) is 0 Å². The van der Waals surface area contributed by atoms with Gasteiger partial charge in [0.25, 0.3) is 0 Å². The standard InChI is InChI=1S/C32H17N9O2/c42-41(43)40-31-23-15-7-8-16-24(23)32(40)39-30-22-14-6-4-12-20(22)28(37-30)35-26-18-10-2-1-9-17(18)25(33-26)34-27-19-11-3-5-13-21(19)29(36-27)38-31/h1-16H,(H,33,34,35,36,37,38,39). The third kappa shape index (κ3) is 3.36. The van der Waals surface area contributed by atoms with Crippen molar-refractivity contribution >= 4 is 44.1 Å². The molecule has 11 heteroatoms. The summed E-state index contributed by atoms with van der Waals surface area (Å²) in [4.78, 5) is 45.2. The molecule has 7 aromatic rings. The van der Waals surface area contributed by atoms with Crippen molar-refractivity contribution < 1.29 is 5.03 Å². The van der Waals surface area contributed by atoms with E-state index in [-0.39, 0.29) is 11.3 Å². The molecule has 8 bridgehead atoms. The molecule has 0 fully saturated rings. The minimum atomic E-state index is -0.514. The Morgan fingerprint density at radius 3 is 1.23 bits per heavy atom. The number of aromatic nitrogens is 8. The van der Waals surface area contributed by atoms with Gasteiger partial charge in [0.15, 0.2) is 28.3 Å². The summed E-state index contributed by atoms with van der Waals surface area (Å²) in [5.74, 6) is 1.51. The van der Waals surface area contributed by atoms with E-state index in [0.717, 1.165) is 37.7 Å². The minimum absolute atomic E-state index is 0.106. The van der Waals surface area contributed by atoms with Crippen LogP contribution in [0.2, 0.25) is 0 Å². The fourth-order valence-electron chi connectivity index (χ4n) is 5.83. The van der Waals surface area contributed by atoms with Gasteiger partial charge in [0, 0.05) is 43.8 Å². The fourth-order valence-corrected chi connectivity index (χ4v) is 5.83. The van der Waals surface area contributed by atoms with Gasteiger partial charge < -0.3 is 4.98 Å². The molecule has 0 atom stereocenters. The van der Waals surface area contributed by atoms with Crippen molar-refractivity contribution in [3.63, 3.8) is 0 Å². The number of nitro groups is 1. The molecule has 0 aliphatic carbocycles. The Morgan fingerprint density at radius 1 is 0.488 bits per heavy atom. The van der Waals surface area contributed by atoms with Gasteiger partial charge in [-0.1, -0.05) is 97.1 Å². The molecule has 3 aromatic heterocycles. The lowest BCUT2D eigenvalue weighted by atomic mass is 10.1. The molecule has 4 aromatic carbocycles. The molecule has 0 spiro atoms. The summed E-state index contributed by atoms with van der Waals surface area (Å²) in [7, 11) is 0. The zero-order valence-electron chi connectivity index (χ0n) is 22.1. The van der Waals surface area contributed by atoms with Gasteiger partial charge in [-0.25, -0.2) is 40.0 Å². The molecule has 43 heavy (non-hydrogen) atoms. The quantitative estimate of drug-likeness (QED) is 0.180. The molecule has 202 valence electrons. The van der Waals surface area contributed by atoms with Crippen molar-refractivity contribution in [2.24, 2.45) is 0 Å². The number of hydrogen-bond donors (Lipinski definition) is 1. The van der Waals surface area contributed by atoms with Crippen molar-refractivity contribution in [1.29, 1.82) is 0 Å². The number of aromatic amines is 1. The van der Waals surface area contributed by atoms with E-state index in [9.17, 15) is 10.1 Å².